The van der Waals surface area contributed by atoms with E-state index in [1.807, 2.05) is 18.2 Å². The zero-order valence-corrected chi connectivity index (χ0v) is 10.2. The van der Waals surface area contributed by atoms with Crippen molar-refractivity contribution in [2.75, 3.05) is 5.32 Å². The van der Waals surface area contributed by atoms with E-state index in [1.54, 1.807) is 17.4 Å². The molecule has 0 spiro atoms. The van der Waals surface area contributed by atoms with Crippen LogP contribution in [0.4, 0.5) is 10.1 Å². The Labute approximate surface area is 100 Å². The molecule has 0 aliphatic rings. The molecule has 0 atom stereocenters. The minimum absolute atomic E-state index is 0.215. The van der Waals surface area contributed by atoms with Crippen molar-refractivity contribution in [1.29, 1.82) is 0 Å². The lowest BCUT2D eigenvalue weighted by molar-refractivity contribution is 0.628. The summed E-state index contributed by atoms with van der Waals surface area (Å²) in [7, 11) is 0. The normalized spacial score (nSPS) is 10.3. The summed E-state index contributed by atoms with van der Waals surface area (Å²) in [6.07, 6.45) is 0. The van der Waals surface area contributed by atoms with E-state index in [0.717, 1.165) is 16.0 Å². The first-order valence-electron chi connectivity index (χ1n) is 4.48. The fraction of sp³-hybridized carbons (Fsp3) is 0.0909. The topological polar surface area (TPSA) is 12.0 Å². The molecule has 0 bridgehead atoms. The van der Waals surface area contributed by atoms with Gasteiger partial charge in [-0.25, -0.2) is 4.39 Å². The van der Waals surface area contributed by atoms with Crippen LogP contribution in [0.15, 0.2) is 40.2 Å². The highest BCUT2D eigenvalue weighted by molar-refractivity contribution is 9.11. The summed E-state index contributed by atoms with van der Waals surface area (Å²) >= 11 is 5.07. The summed E-state index contributed by atoms with van der Waals surface area (Å²) in [4.78, 5) is 1.21. The van der Waals surface area contributed by atoms with Gasteiger partial charge in [0.25, 0.3) is 0 Å². The van der Waals surface area contributed by atoms with E-state index in [4.69, 9.17) is 0 Å². The summed E-state index contributed by atoms with van der Waals surface area (Å²) in [6, 6.07) is 10.5. The number of benzene rings is 1. The third kappa shape index (κ3) is 3.04. The third-order valence-electron chi connectivity index (χ3n) is 1.92. The van der Waals surface area contributed by atoms with Crippen LogP contribution in [-0.2, 0) is 6.54 Å². The van der Waals surface area contributed by atoms with E-state index in [-0.39, 0.29) is 5.82 Å². The monoisotopic (exact) mass is 285 g/mol. The first-order valence-corrected chi connectivity index (χ1v) is 6.08. The first kappa shape index (κ1) is 10.6. The minimum atomic E-state index is -0.215. The van der Waals surface area contributed by atoms with Crippen LogP contribution in [-0.4, -0.2) is 0 Å². The molecule has 0 saturated carbocycles. The Morgan fingerprint density at radius 2 is 2.13 bits per heavy atom. The van der Waals surface area contributed by atoms with Gasteiger partial charge in [-0.15, -0.1) is 11.3 Å². The maximum atomic E-state index is 12.9. The number of anilines is 1. The number of hydrogen-bond donors (Lipinski definition) is 1. The first-order chi connectivity index (χ1) is 7.24. The molecule has 0 unspecified atom stereocenters. The molecule has 2 aromatic rings. The van der Waals surface area contributed by atoms with Gasteiger partial charge in [-0.3, -0.25) is 0 Å². The van der Waals surface area contributed by atoms with E-state index in [0.29, 0.717) is 0 Å². The molecule has 1 heterocycles. The standard InChI is InChI=1S/C11H9BrFNS/c12-11-5-4-10(15-11)7-14-9-3-1-2-8(13)6-9/h1-6,14H,7H2. The van der Waals surface area contributed by atoms with E-state index in [1.165, 1.54) is 17.0 Å². The molecule has 1 aromatic carbocycles. The Balaban J connectivity index is 1.99. The van der Waals surface area contributed by atoms with Gasteiger partial charge in [0.1, 0.15) is 5.82 Å². The van der Waals surface area contributed by atoms with Crippen LogP contribution < -0.4 is 5.32 Å². The minimum Gasteiger partial charge on any atom is -0.380 e. The Kier molecular flexibility index (Phi) is 3.38. The van der Waals surface area contributed by atoms with Crippen molar-refractivity contribution in [2.24, 2.45) is 0 Å². The second kappa shape index (κ2) is 4.77. The predicted octanol–water partition coefficient (Wildman–Crippen LogP) is 4.26. The molecule has 0 aliphatic heterocycles. The molecule has 78 valence electrons. The van der Waals surface area contributed by atoms with Gasteiger partial charge < -0.3 is 5.32 Å². The van der Waals surface area contributed by atoms with Crippen LogP contribution in [0.2, 0.25) is 0 Å². The van der Waals surface area contributed by atoms with Gasteiger partial charge in [-0.2, -0.15) is 0 Å². The molecule has 1 nitrogen and oxygen atoms in total. The average Bonchev–Trinajstić information content (AvgIpc) is 2.62. The lowest BCUT2D eigenvalue weighted by Gasteiger charge is -2.03. The van der Waals surface area contributed by atoms with Crippen LogP contribution in [0.5, 0.6) is 0 Å². The molecular weight excluding hydrogens is 277 g/mol. The number of halogens is 2. The lowest BCUT2D eigenvalue weighted by Crippen LogP contribution is -1.97. The molecule has 0 saturated heterocycles. The van der Waals surface area contributed by atoms with E-state index >= 15 is 0 Å². The Morgan fingerprint density at radius 3 is 2.80 bits per heavy atom. The molecule has 0 aliphatic carbocycles. The largest absolute Gasteiger partial charge is 0.380 e. The van der Waals surface area contributed by atoms with Crippen molar-refractivity contribution in [1.82, 2.24) is 0 Å². The van der Waals surface area contributed by atoms with Crippen molar-refractivity contribution in [2.45, 2.75) is 6.54 Å². The highest BCUT2D eigenvalue weighted by Crippen LogP contribution is 2.22. The number of hydrogen-bond acceptors (Lipinski definition) is 2. The molecule has 0 fully saturated rings. The van der Waals surface area contributed by atoms with Crippen molar-refractivity contribution in [3.8, 4) is 0 Å². The second-order valence-electron chi connectivity index (χ2n) is 3.07. The molecule has 1 aromatic heterocycles. The molecule has 15 heavy (non-hydrogen) atoms. The smallest absolute Gasteiger partial charge is 0.125 e. The van der Waals surface area contributed by atoms with E-state index in [9.17, 15) is 4.39 Å². The van der Waals surface area contributed by atoms with Gasteiger partial charge in [0.05, 0.1) is 3.79 Å². The lowest BCUT2D eigenvalue weighted by atomic mass is 10.3. The van der Waals surface area contributed by atoms with Crippen LogP contribution in [0, 0.1) is 5.82 Å². The quantitative estimate of drug-likeness (QED) is 0.888. The predicted molar refractivity (Wildman–Crippen MR) is 65.7 cm³/mol. The van der Waals surface area contributed by atoms with Gasteiger partial charge in [-0.05, 0) is 46.3 Å². The molecule has 0 amide bonds. The van der Waals surface area contributed by atoms with E-state index in [2.05, 4.69) is 21.2 Å². The molecule has 2 rings (SSSR count). The third-order valence-corrected chi connectivity index (χ3v) is 3.54. The summed E-state index contributed by atoms with van der Waals surface area (Å²) in [5.41, 5.74) is 0.805. The van der Waals surface area contributed by atoms with Gasteiger partial charge in [0.15, 0.2) is 0 Å². The fourth-order valence-corrected chi connectivity index (χ4v) is 2.66. The zero-order chi connectivity index (χ0) is 10.7. The van der Waals surface area contributed by atoms with E-state index < -0.39 is 0 Å². The number of nitrogens with one attached hydrogen (secondary N) is 1. The van der Waals surface area contributed by atoms with Crippen LogP contribution in [0.3, 0.4) is 0 Å². The van der Waals surface area contributed by atoms with Gasteiger partial charge in [0.2, 0.25) is 0 Å². The fourth-order valence-electron chi connectivity index (χ4n) is 1.23. The highest BCUT2D eigenvalue weighted by atomic mass is 79.9. The van der Waals surface area contributed by atoms with Gasteiger partial charge in [-0.1, -0.05) is 6.07 Å². The van der Waals surface area contributed by atoms with Crippen molar-refractivity contribution in [3.05, 3.63) is 50.9 Å². The van der Waals surface area contributed by atoms with Crippen molar-refractivity contribution in [3.63, 3.8) is 0 Å². The Bertz CT molecular complexity index is 455. The van der Waals surface area contributed by atoms with Crippen LogP contribution >= 0.6 is 27.3 Å². The summed E-state index contributed by atoms with van der Waals surface area (Å²) in [6.45, 7) is 0.722. The van der Waals surface area contributed by atoms with Crippen LogP contribution in [0.1, 0.15) is 4.88 Å². The molecule has 0 radical (unpaired) electrons. The molecule has 1 N–H and O–H groups in total. The number of rotatable bonds is 3. The molecular formula is C11H9BrFNS. The Morgan fingerprint density at radius 1 is 1.27 bits per heavy atom. The van der Waals surface area contributed by atoms with Crippen molar-refractivity contribution < 1.29 is 4.39 Å². The zero-order valence-electron chi connectivity index (χ0n) is 7.84. The second-order valence-corrected chi connectivity index (χ2v) is 5.62. The summed E-state index contributed by atoms with van der Waals surface area (Å²) in [5.74, 6) is -0.215. The summed E-state index contributed by atoms with van der Waals surface area (Å²) < 4.78 is 14.0. The highest BCUT2D eigenvalue weighted by Gasteiger charge is 1.98. The SMILES string of the molecule is Fc1cccc(NCc2ccc(Br)s2)c1. The maximum absolute atomic E-state index is 12.9. The average molecular weight is 286 g/mol. The van der Waals surface area contributed by atoms with Gasteiger partial charge in [0, 0.05) is 17.1 Å². The number of thiophene rings is 1. The maximum Gasteiger partial charge on any atom is 0.125 e. The van der Waals surface area contributed by atoms with Crippen molar-refractivity contribution >= 4 is 33.0 Å². The van der Waals surface area contributed by atoms with Crippen LogP contribution in [0.25, 0.3) is 0 Å². The summed E-state index contributed by atoms with van der Waals surface area (Å²) in [5, 5.41) is 3.16. The molecule has 4 heteroatoms. The van der Waals surface area contributed by atoms with Gasteiger partial charge >= 0.3 is 0 Å². The Hall–Kier alpha value is -0.870.